The third kappa shape index (κ3) is 2.17. The molecule has 0 bridgehead atoms. The molecule has 1 unspecified atom stereocenters. The van der Waals surface area contributed by atoms with E-state index in [4.69, 9.17) is 10.4 Å². The Morgan fingerprint density at radius 2 is 2.33 bits per heavy atom. The summed E-state index contributed by atoms with van der Waals surface area (Å²) in [5.74, 6) is 0.199. The van der Waals surface area contributed by atoms with E-state index < -0.39 is 0 Å². The van der Waals surface area contributed by atoms with Crippen molar-refractivity contribution in [2.24, 2.45) is 0 Å². The van der Waals surface area contributed by atoms with Gasteiger partial charge in [0.05, 0.1) is 6.07 Å². The third-order valence-electron chi connectivity index (χ3n) is 1.42. The lowest BCUT2D eigenvalue weighted by molar-refractivity contribution is 0.475. The molecule has 0 saturated heterocycles. The van der Waals surface area contributed by atoms with Crippen LogP contribution in [0.15, 0.2) is 24.3 Å². The van der Waals surface area contributed by atoms with Crippen molar-refractivity contribution in [1.82, 2.24) is 0 Å². The molecule has 0 aliphatic carbocycles. The van der Waals surface area contributed by atoms with Crippen molar-refractivity contribution >= 4 is 5.69 Å². The molecule has 0 radical (unpaired) electrons. The number of aromatic hydroxyl groups is 1. The number of nitrogens with one attached hydrogen (secondary N) is 1. The minimum atomic E-state index is -0.244. The van der Waals surface area contributed by atoms with Gasteiger partial charge < -0.3 is 10.4 Å². The molecule has 0 aromatic heterocycles. The van der Waals surface area contributed by atoms with E-state index in [0.29, 0.717) is 0 Å². The van der Waals surface area contributed by atoms with Gasteiger partial charge in [-0.3, -0.25) is 0 Å². The summed E-state index contributed by atoms with van der Waals surface area (Å²) in [4.78, 5) is 0. The standard InChI is InChI=1S/C9H10N2O/c1-7(6-10)11-8-3-2-4-9(12)5-8/h2-5,7,11-12H,1H3. The Morgan fingerprint density at radius 3 is 2.92 bits per heavy atom. The Labute approximate surface area is 71.3 Å². The smallest absolute Gasteiger partial charge is 0.117 e. The van der Waals surface area contributed by atoms with Gasteiger partial charge in [0.1, 0.15) is 11.8 Å². The van der Waals surface area contributed by atoms with Crippen molar-refractivity contribution in [1.29, 1.82) is 5.26 Å². The summed E-state index contributed by atoms with van der Waals surface area (Å²) in [6.45, 7) is 1.75. The Morgan fingerprint density at radius 1 is 1.58 bits per heavy atom. The second kappa shape index (κ2) is 3.63. The van der Waals surface area contributed by atoms with Gasteiger partial charge in [0.15, 0.2) is 0 Å². The highest BCUT2D eigenvalue weighted by molar-refractivity contribution is 5.49. The molecule has 0 amide bonds. The van der Waals surface area contributed by atoms with Crippen molar-refractivity contribution in [3.63, 3.8) is 0 Å². The van der Waals surface area contributed by atoms with E-state index in [9.17, 15) is 0 Å². The quantitative estimate of drug-likeness (QED) is 0.696. The molecule has 62 valence electrons. The fourth-order valence-electron chi connectivity index (χ4n) is 0.878. The van der Waals surface area contributed by atoms with Gasteiger partial charge in [-0.1, -0.05) is 6.07 Å². The SMILES string of the molecule is CC(C#N)Nc1cccc(O)c1. The fraction of sp³-hybridized carbons (Fsp3) is 0.222. The van der Waals surface area contributed by atoms with Gasteiger partial charge >= 0.3 is 0 Å². The third-order valence-corrected chi connectivity index (χ3v) is 1.42. The van der Waals surface area contributed by atoms with Crippen molar-refractivity contribution in [3.8, 4) is 11.8 Å². The molecule has 0 aliphatic heterocycles. The van der Waals surface area contributed by atoms with Crippen LogP contribution in [0.3, 0.4) is 0 Å². The maximum absolute atomic E-state index is 9.08. The Balaban J connectivity index is 2.71. The van der Waals surface area contributed by atoms with Crippen LogP contribution >= 0.6 is 0 Å². The average molecular weight is 162 g/mol. The van der Waals surface area contributed by atoms with Crippen LogP contribution in [0, 0.1) is 11.3 Å². The summed E-state index contributed by atoms with van der Waals surface area (Å²) in [6.07, 6.45) is 0. The molecule has 2 N–H and O–H groups in total. The summed E-state index contributed by atoms with van der Waals surface area (Å²) in [6, 6.07) is 8.48. The maximum atomic E-state index is 9.08. The highest BCUT2D eigenvalue weighted by Gasteiger charge is 1.98. The highest BCUT2D eigenvalue weighted by Crippen LogP contribution is 2.15. The topological polar surface area (TPSA) is 56.0 Å². The lowest BCUT2D eigenvalue weighted by Gasteiger charge is -2.07. The zero-order valence-corrected chi connectivity index (χ0v) is 6.78. The Kier molecular flexibility index (Phi) is 2.54. The second-order valence-electron chi connectivity index (χ2n) is 2.55. The maximum Gasteiger partial charge on any atom is 0.117 e. The molecule has 12 heavy (non-hydrogen) atoms. The van der Waals surface area contributed by atoms with Gasteiger partial charge in [-0.25, -0.2) is 0 Å². The molecule has 0 spiro atoms. The monoisotopic (exact) mass is 162 g/mol. The first-order valence-corrected chi connectivity index (χ1v) is 3.67. The van der Waals surface area contributed by atoms with E-state index in [1.807, 2.05) is 6.07 Å². The summed E-state index contributed by atoms with van der Waals surface area (Å²) < 4.78 is 0. The lowest BCUT2D eigenvalue weighted by atomic mass is 10.2. The molecular weight excluding hydrogens is 152 g/mol. The van der Waals surface area contributed by atoms with Gasteiger partial charge in [-0.05, 0) is 19.1 Å². The van der Waals surface area contributed by atoms with Gasteiger partial charge in [0.25, 0.3) is 0 Å². The van der Waals surface area contributed by atoms with Gasteiger partial charge in [-0.15, -0.1) is 0 Å². The van der Waals surface area contributed by atoms with Crippen molar-refractivity contribution in [3.05, 3.63) is 24.3 Å². The van der Waals surface area contributed by atoms with Crippen molar-refractivity contribution in [2.45, 2.75) is 13.0 Å². The zero-order chi connectivity index (χ0) is 8.97. The molecule has 1 rings (SSSR count). The summed E-state index contributed by atoms with van der Waals surface area (Å²) in [7, 11) is 0. The minimum absolute atomic E-state index is 0.199. The van der Waals surface area contributed by atoms with E-state index in [1.165, 1.54) is 0 Å². The highest BCUT2D eigenvalue weighted by atomic mass is 16.3. The van der Waals surface area contributed by atoms with Crippen LogP contribution < -0.4 is 5.32 Å². The Bertz CT molecular complexity index is 304. The number of hydrogen-bond acceptors (Lipinski definition) is 3. The first-order valence-electron chi connectivity index (χ1n) is 3.67. The van der Waals surface area contributed by atoms with Gasteiger partial charge in [0, 0.05) is 11.8 Å². The average Bonchev–Trinajstić information content (AvgIpc) is 2.04. The molecule has 1 aromatic rings. The number of benzene rings is 1. The van der Waals surface area contributed by atoms with Crippen LogP contribution in [-0.2, 0) is 0 Å². The lowest BCUT2D eigenvalue weighted by Crippen LogP contribution is -2.11. The van der Waals surface area contributed by atoms with E-state index in [2.05, 4.69) is 5.32 Å². The van der Waals surface area contributed by atoms with Crippen LogP contribution in [0.25, 0.3) is 0 Å². The second-order valence-corrected chi connectivity index (χ2v) is 2.55. The Hall–Kier alpha value is -1.69. The predicted octanol–water partition coefficient (Wildman–Crippen LogP) is 1.72. The van der Waals surface area contributed by atoms with Crippen LogP contribution in [0.2, 0.25) is 0 Å². The minimum Gasteiger partial charge on any atom is -0.508 e. The molecule has 3 heteroatoms. The van der Waals surface area contributed by atoms with Crippen LogP contribution in [0.1, 0.15) is 6.92 Å². The normalized spacial score (nSPS) is 11.7. The first-order chi connectivity index (χ1) is 5.72. The number of nitriles is 1. The predicted molar refractivity (Wildman–Crippen MR) is 46.8 cm³/mol. The number of hydrogen-bond donors (Lipinski definition) is 2. The fourth-order valence-corrected chi connectivity index (χ4v) is 0.878. The molecule has 3 nitrogen and oxygen atoms in total. The van der Waals surface area contributed by atoms with Crippen LogP contribution in [-0.4, -0.2) is 11.1 Å². The van der Waals surface area contributed by atoms with E-state index in [-0.39, 0.29) is 11.8 Å². The van der Waals surface area contributed by atoms with Gasteiger partial charge in [-0.2, -0.15) is 5.26 Å². The number of rotatable bonds is 2. The number of phenols is 1. The molecule has 0 saturated carbocycles. The van der Waals surface area contributed by atoms with Crippen molar-refractivity contribution < 1.29 is 5.11 Å². The molecule has 1 atom stereocenters. The molecule has 0 aliphatic rings. The number of anilines is 1. The first kappa shape index (κ1) is 8.41. The number of phenolic OH excluding ortho intramolecular Hbond substituents is 1. The van der Waals surface area contributed by atoms with Gasteiger partial charge in [0.2, 0.25) is 0 Å². The van der Waals surface area contributed by atoms with E-state index >= 15 is 0 Å². The molecule has 0 heterocycles. The summed E-state index contributed by atoms with van der Waals surface area (Å²) >= 11 is 0. The molecule has 0 fully saturated rings. The van der Waals surface area contributed by atoms with Crippen LogP contribution in [0.4, 0.5) is 5.69 Å². The van der Waals surface area contributed by atoms with Crippen LogP contribution in [0.5, 0.6) is 5.75 Å². The summed E-state index contributed by atoms with van der Waals surface area (Å²) in [5.41, 5.74) is 0.754. The van der Waals surface area contributed by atoms with Crippen molar-refractivity contribution in [2.75, 3.05) is 5.32 Å². The number of nitrogens with zero attached hydrogens (tertiary/aromatic N) is 1. The van der Waals surface area contributed by atoms with E-state index in [1.54, 1.807) is 31.2 Å². The largest absolute Gasteiger partial charge is 0.508 e. The molecule has 1 aromatic carbocycles. The molecular formula is C9H10N2O. The van der Waals surface area contributed by atoms with E-state index in [0.717, 1.165) is 5.69 Å². The summed E-state index contributed by atoms with van der Waals surface area (Å²) in [5, 5.41) is 20.5. The zero-order valence-electron chi connectivity index (χ0n) is 6.78.